The lowest BCUT2D eigenvalue weighted by Crippen LogP contribution is -2.44. The first-order chi connectivity index (χ1) is 68.5. The van der Waals surface area contributed by atoms with Crippen LogP contribution in [0.1, 0.15) is 225 Å². The zero-order valence-corrected chi connectivity index (χ0v) is 104. The molecule has 7 heterocycles. The molecule has 15 rings (SSSR count). The lowest BCUT2D eigenvalue weighted by Gasteiger charge is -2.39. The molecule has 0 spiro atoms. The van der Waals surface area contributed by atoms with Crippen LogP contribution in [0.5, 0.6) is 69.0 Å². The second kappa shape index (κ2) is 44.8. The normalized spacial score (nSPS) is 23.2. The molecule has 0 aromatic heterocycles. The summed E-state index contributed by atoms with van der Waals surface area (Å²) in [6.07, 6.45) is 0.746. The van der Waals surface area contributed by atoms with E-state index in [2.05, 4.69) is 61.6 Å². The van der Waals surface area contributed by atoms with Gasteiger partial charge in [-0.1, -0.05) is 223 Å². The fourth-order valence-electron chi connectivity index (χ4n) is 20.0. The first-order valence-corrected chi connectivity index (χ1v) is 63.3. The van der Waals surface area contributed by atoms with Crippen molar-refractivity contribution in [2.75, 3.05) is 75.1 Å². The minimum Gasteiger partial charge on any atom is -0.496 e. The number of methoxy groups -OCH3 is 6. The van der Waals surface area contributed by atoms with Crippen LogP contribution in [0.4, 0.5) is 0 Å². The second-order valence-corrected chi connectivity index (χ2v) is 72.0. The predicted molar refractivity (Wildman–Crippen MR) is 614 cm³/mol. The maximum absolute atomic E-state index is 14.7. The number of aliphatic hydroxyl groups excluding tert-OH is 1. The van der Waals surface area contributed by atoms with Crippen molar-refractivity contribution in [3.05, 3.63) is 162 Å². The number of nitro groups is 1. The molecule has 27 nitrogen and oxygen atoms in total. The third-order valence-electron chi connectivity index (χ3n) is 29.7. The van der Waals surface area contributed by atoms with Crippen LogP contribution in [0.3, 0.4) is 0 Å². The number of ether oxygens (including phenoxy) is 13. The summed E-state index contributed by atoms with van der Waals surface area (Å²) in [7, 11) is -8.50. The molecule has 0 radical (unpaired) electrons. The van der Waals surface area contributed by atoms with Crippen molar-refractivity contribution in [3.63, 3.8) is 0 Å². The van der Waals surface area contributed by atoms with Gasteiger partial charge < -0.3 is 99.2 Å². The molecule has 0 unspecified atom stereocenters. The summed E-state index contributed by atoms with van der Waals surface area (Å²) in [5.41, 5.74) is 2.13. The molecule has 7 aliphatic heterocycles. The zero-order valence-electron chi connectivity index (χ0n) is 94.0. The third-order valence-corrected chi connectivity index (χ3v) is 57.5. The van der Waals surface area contributed by atoms with Crippen molar-refractivity contribution in [1.29, 1.82) is 0 Å². The number of carbonyl (C=O) groups is 2. The molecule has 12 atom stereocenters. The average Bonchev–Trinajstić information content (AvgIpc) is 1.56. The number of aryl methyl sites for hydroxylation is 1. The van der Waals surface area contributed by atoms with Crippen molar-refractivity contribution in [3.8, 4) is 91.2 Å². The van der Waals surface area contributed by atoms with Gasteiger partial charge in [0.25, 0.3) is 0 Å². The minimum atomic E-state index is -3.21. The Kier molecular flexibility index (Phi) is 37.0. The highest BCUT2D eigenvalue weighted by Crippen LogP contribution is 2.76. The summed E-state index contributed by atoms with van der Waals surface area (Å²) in [5, 5.41) is 31.3. The smallest absolute Gasteiger partial charge is 0.313 e. The summed E-state index contributed by atoms with van der Waals surface area (Å²) < 4.78 is 163. The molecule has 149 heavy (non-hydrogen) atoms. The molecule has 8 aromatic carbocycles. The van der Waals surface area contributed by atoms with Gasteiger partial charge >= 0.3 is 5.97 Å². The van der Waals surface area contributed by atoms with Crippen LogP contribution in [-0.4, -0.2) is 168 Å². The van der Waals surface area contributed by atoms with Crippen LogP contribution in [-0.2, 0) is 41.7 Å². The van der Waals surface area contributed by atoms with Gasteiger partial charge in [-0.25, -0.2) is 4.99 Å². The Balaban J connectivity index is 0.000000183. The SMILES string of the molecule is COc1c(Br)cc(Br)c(C)c1-c1cccc2c1[P@](=O)(C(C)(C)C)CO2.COc1c(Br)ccc(C)c1-c1cccc2c1[P@](=O)(C(C)(C)C)CO2.COc1cccc2c1[P@](=O)(C(C)(C)C)[C@@H](C(C)(C)C(=O)C[C@@H](CO)C(C)C)O2.COc1cccc2c1[P@](=O)(C(C)(C)C)[C@@H](C(C)(C)C(=O)O)O2.COc1cccc2c1[P@](=O)(C(C)(C)C)[C@@H](C(C)(C)C1=N[C@H](C(C)C)CO1)O2.COc1cccc2c1[P@](=O)(C(C)(C)C)[C@@H](C(C)(C)C[N+](=O)[O-])O2. The van der Waals surface area contributed by atoms with Crippen LogP contribution >= 0.6 is 90.6 Å². The Morgan fingerprint density at radius 2 is 0.779 bits per heavy atom. The predicted octanol–water partition coefficient (Wildman–Crippen LogP) is 27.8. The van der Waals surface area contributed by atoms with Crippen LogP contribution in [0, 0.1) is 63.4 Å². The minimum absolute atomic E-state index is 0.0403. The molecule has 0 saturated heterocycles. The lowest BCUT2D eigenvalue weighted by molar-refractivity contribution is -0.497. The first-order valence-electron chi connectivity index (χ1n) is 50.0. The highest BCUT2D eigenvalue weighted by Gasteiger charge is 2.66. The maximum Gasteiger partial charge on any atom is 0.313 e. The van der Waals surface area contributed by atoms with E-state index in [1.807, 2.05) is 259 Å². The van der Waals surface area contributed by atoms with E-state index in [0.717, 1.165) is 74.7 Å². The number of Topliss-reactive ketones (excluding diaryl/α,β-unsaturated/α-hetero) is 1. The number of carbonyl (C=O) groups excluding carboxylic acids is 1. The number of aliphatic carboxylic acids is 1. The quantitative estimate of drug-likeness (QED) is 0.0361. The molecule has 0 amide bonds. The van der Waals surface area contributed by atoms with Crippen LogP contribution in [0.25, 0.3) is 22.3 Å². The van der Waals surface area contributed by atoms with E-state index < -0.39 is 114 Å². The van der Waals surface area contributed by atoms with Gasteiger partial charge in [0.1, 0.15) is 99.5 Å². The number of rotatable bonds is 22. The number of aliphatic imine (C=N–C) groups is 1. The summed E-state index contributed by atoms with van der Waals surface area (Å²) >= 11 is 10.8. The Morgan fingerprint density at radius 3 is 1.11 bits per heavy atom. The number of hydrogen-bond donors (Lipinski definition) is 2. The maximum atomic E-state index is 14.7. The molecule has 0 bridgehead atoms. The fourth-order valence-corrected chi connectivity index (χ4v) is 42.4. The summed E-state index contributed by atoms with van der Waals surface area (Å²) in [6.45, 7) is 61.9. The Morgan fingerprint density at radius 1 is 0.436 bits per heavy atom. The summed E-state index contributed by atoms with van der Waals surface area (Å²) in [4.78, 5) is 40.5. The summed E-state index contributed by atoms with van der Waals surface area (Å²) in [6, 6.07) is 39.3. The Bertz CT molecular complexity index is 6720. The molecule has 0 saturated carbocycles. The third kappa shape index (κ3) is 22.5. The van der Waals surface area contributed by atoms with Gasteiger partial charge in [-0.3, -0.25) is 19.7 Å². The van der Waals surface area contributed by atoms with Crippen LogP contribution in [0.15, 0.2) is 146 Å². The van der Waals surface area contributed by atoms with E-state index in [1.165, 1.54) is 14.2 Å². The summed E-state index contributed by atoms with van der Waals surface area (Å²) in [5.74, 6) is 4.25. The van der Waals surface area contributed by atoms with Crippen molar-refractivity contribution in [2.24, 2.45) is 44.4 Å². The number of aliphatic hydroxyl groups is 1. The number of carboxylic acids is 1. The highest BCUT2D eigenvalue weighted by atomic mass is 79.9. The van der Waals surface area contributed by atoms with Gasteiger partial charge in [0.2, 0.25) is 6.54 Å². The van der Waals surface area contributed by atoms with Gasteiger partial charge in [-0.05, 0) is 203 Å². The van der Waals surface area contributed by atoms with Crippen molar-refractivity contribution in [2.45, 2.75) is 288 Å². The molecule has 36 heteroatoms. The largest absolute Gasteiger partial charge is 0.496 e. The molecular weight excluding hydrogens is 2210 g/mol. The van der Waals surface area contributed by atoms with Crippen molar-refractivity contribution < 1.29 is 114 Å². The number of ketones is 1. The number of nitrogens with zero attached hydrogens (tertiary/aromatic N) is 2. The van der Waals surface area contributed by atoms with Crippen molar-refractivity contribution in [1.82, 2.24) is 0 Å². The molecule has 820 valence electrons. The molecule has 0 fully saturated rings. The molecule has 0 aliphatic carbocycles. The number of carboxylic acid groups (broad SMARTS) is 1. The number of hydrogen-bond acceptors (Lipinski definition) is 25. The van der Waals surface area contributed by atoms with Gasteiger partial charge in [0.15, 0.2) is 72.1 Å². The van der Waals surface area contributed by atoms with Gasteiger partial charge in [0, 0.05) is 75.6 Å². The van der Waals surface area contributed by atoms with E-state index in [9.17, 15) is 57.3 Å². The second-order valence-electron chi connectivity index (χ2n) is 48.1. The molecule has 7 aliphatic rings. The molecular formula is C113H157Br3N2O25P6. The number of fused-ring (bicyclic) bond motifs is 6. The average molecular weight is 2370 g/mol. The number of halogens is 3. The molecule has 2 N–H and O–H groups in total. The fraction of sp³-hybridized carbons (Fsp3) is 0.549. The van der Waals surface area contributed by atoms with E-state index in [0.29, 0.717) is 91.4 Å². The number of benzene rings is 8. The van der Waals surface area contributed by atoms with E-state index in [4.69, 9.17) is 66.6 Å². The van der Waals surface area contributed by atoms with Gasteiger partial charge in [-0.2, -0.15) is 0 Å². The zero-order chi connectivity index (χ0) is 113. The van der Waals surface area contributed by atoms with E-state index in [-0.39, 0.29) is 71.2 Å². The van der Waals surface area contributed by atoms with E-state index in [1.54, 1.807) is 105 Å². The van der Waals surface area contributed by atoms with Gasteiger partial charge in [0.05, 0.1) is 106 Å². The molecule has 8 aromatic rings. The van der Waals surface area contributed by atoms with Crippen LogP contribution in [0.2, 0.25) is 0 Å². The van der Waals surface area contributed by atoms with E-state index >= 15 is 0 Å². The van der Waals surface area contributed by atoms with Crippen LogP contribution < -0.4 is 88.7 Å². The lowest BCUT2D eigenvalue weighted by atomic mass is 9.81. The first kappa shape index (κ1) is 123. The highest BCUT2D eigenvalue weighted by molar-refractivity contribution is 9.11. The van der Waals surface area contributed by atoms with Crippen molar-refractivity contribution >= 4 is 140 Å². The van der Waals surface area contributed by atoms with Gasteiger partial charge in [-0.15, -0.1) is 0 Å². The Hall–Kier alpha value is -7.85. The topological polar surface area (TPSA) is 353 Å². The monoisotopic (exact) mass is 2360 g/mol. The Labute approximate surface area is 908 Å². The standard InChI is InChI=1S/C22H35O5P.C21H32NO4P.C19H21Br2O3P.C19H22BrO3P.C16H24NO5P.C16H23O5P/c1-14(2)15(13-23)12-18(24)22(6,7)20-27-17-11-9-10-16(26-8)19(17)28(20,25)21(3,4)5;1-13(2)14-12-25-18(22-14)21(6,7)19-26-16-11-9-10-15(24-8)17(16)27(19,23)20(3,4)5;1-11-13(20)9-14(21)17(23-5)16(11)12-7-6-8-15-18(12)25(22,10-24-15)19(2,3)4;1-12-9-10-14(20)17(22-5)16(12)13-7-6-8-15-18(13)24(21,11-23-15)19(2,3)4;1-15(2,3)23(20)13-11(21-6)8-7-9-12(13)22-14(23)16(4,5)10-17(18)19;1-15(2,3)22(19)12-10(20-6)8-7-9-11(12)21-14(22)16(4,5)13(17)18/h9-11,14-15,20,23H,12-13H2,1-8H3;9-11,13-14,19H,12H2,1-8H3;6-9H,10H2,1-5H3;6-10H,11H2,1-5H3;7-9,14H,10H2,1-6H3;7-9,14H,1-6H3,(H,17,18)/t15-,20-,28+;14-,19-,27+;25-;24-;14-,23+;14-,22+/m000000/s1.